The van der Waals surface area contributed by atoms with Crippen LogP contribution in [0.4, 0.5) is 0 Å². The Hall–Kier alpha value is -2.43. The van der Waals surface area contributed by atoms with Gasteiger partial charge < -0.3 is 9.63 Å². The molecule has 0 amide bonds. The summed E-state index contributed by atoms with van der Waals surface area (Å²) in [6.45, 7) is 3.62. The maximum absolute atomic E-state index is 9.93. The number of hydrogen-bond donors (Lipinski definition) is 1. The third-order valence-electron chi connectivity index (χ3n) is 2.84. The van der Waals surface area contributed by atoms with Gasteiger partial charge in [-0.1, -0.05) is 17.3 Å². The van der Waals surface area contributed by atoms with Crippen LogP contribution in [0.15, 0.2) is 28.8 Å². The SMILES string of the molecule is Cc1noc(C)c1-c1nc(O)c2ccccc2n1. The summed E-state index contributed by atoms with van der Waals surface area (Å²) in [6, 6.07) is 7.31. The highest BCUT2D eigenvalue weighted by molar-refractivity contribution is 5.85. The lowest BCUT2D eigenvalue weighted by molar-refractivity contribution is 0.393. The van der Waals surface area contributed by atoms with E-state index >= 15 is 0 Å². The first kappa shape index (κ1) is 10.7. The van der Waals surface area contributed by atoms with Crippen LogP contribution in [0.5, 0.6) is 5.88 Å². The Morgan fingerprint density at radius 3 is 2.61 bits per heavy atom. The predicted molar refractivity (Wildman–Crippen MR) is 66.2 cm³/mol. The third-order valence-corrected chi connectivity index (χ3v) is 2.84. The smallest absolute Gasteiger partial charge is 0.222 e. The van der Waals surface area contributed by atoms with E-state index in [0.717, 1.165) is 5.56 Å². The van der Waals surface area contributed by atoms with E-state index in [0.29, 0.717) is 28.2 Å². The van der Waals surface area contributed by atoms with Gasteiger partial charge in [-0.25, -0.2) is 4.98 Å². The molecule has 3 rings (SSSR count). The Morgan fingerprint density at radius 2 is 1.89 bits per heavy atom. The summed E-state index contributed by atoms with van der Waals surface area (Å²) < 4.78 is 5.09. The van der Waals surface area contributed by atoms with Crippen LogP contribution in [-0.2, 0) is 0 Å². The number of hydrogen-bond acceptors (Lipinski definition) is 5. The lowest BCUT2D eigenvalue weighted by atomic mass is 10.1. The molecule has 5 heteroatoms. The molecule has 5 nitrogen and oxygen atoms in total. The standard InChI is InChI=1S/C13H11N3O2/c1-7-11(8(2)18-16-7)12-14-10-6-4-3-5-9(10)13(17)15-12/h3-6H,1-2H3,(H,14,15,17). The van der Waals surface area contributed by atoms with Gasteiger partial charge in [0, 0.05) is 0 Å². The molecule has 0 unspecified atom stereocenters. The average Bonchev–Trinajstić information content (AvgIpc) is 2.69. The Balaban J connectivity index is 2.31. The molecule has 0 saturated carbocycles. The molecule has 0 spiro atoms. The molecule has 0 aliphatic rings. The summed E-state index contributed by atoms with van der Waals surface area (Å²) in [4.78, 5) is 8.54. The normalized spacial score (nSPS) is 11.0. The molecular formula is C13H11N3O2. The summed E-state index contributed by atoms with van der Waals surface area (Å²) in [5.41, 5.74) is 2.14. The van der Waals surface area contributed by atoms with Crippen molar-refractivity contribution in [2.45, 2.75) is 13.8 Å². The maximum atomic E-state index is 9.93. The highest BCUT2D eigenvalue weighted by Crippen LogP contribution is 2.28. The van der Waals surface area contributed by atoms with Crippen molar-refractivity contribution in [2.24, 2.45) is 0 Å². The maximum Gasteiger partial charge on any atom is 0.222 e. The Bertz CT molecular complexity index is 715. The zero-order chi connectivity index (χ0) is 12.7. The number of aryl methyl sites for hydroxylation is 2. The summed E-state index contributed by atoms with van der Waals surface area (Å²) in [7, 11) is 0. The van der Waals surface area contributed by atoms with E-state index in [4.69, 9.17) is 4.52 Å². The first-order valence-electron chi connectivity index (χ1n) is 5.56. The molecule has 2 aromatic heterocycles. The van der Waals surface area contributed by atoms with Gasteiger partial charge in [-0.2, -0.15) is 4.98 Å². The molecule has 0 atom stereocenters. The van der Waals surface area contributed by atoms with Gasteiger partial charge in [-0.05, 0) is 26.0 Å². The average molecular weight is 241 g/mol. The fourth-order valence-corrected chi connectivity index (χ4v) is 1.97. The highest BCUT2D eigenvalue weighted by Gasteiger charge is 2.16. The molecule has 90 valence electrons. The Labute approximate surface area is 103 Å². The van der Waals surface area contributed by atoms with Gasteiger partial charge in [0.2, 0.25) is 5.88 Å². The number of aromatic nitrogens is 3. The molecule has 18 heavy (non-hydrogen) atoms. The van der Waals surface area contributed by atoms with Crippen LogP contribution in [-0.4, -0.2) is 20.2 Å². The van der Waals surface area contributed by atoms with Gasteiger partial charge >= 0.3 is 0 Å². The number of fused-ring (bicyclic) bond motifs is 1. The van der Waals surface area contributed by atoms with Gasteiger partial charge in [0.1, 0.15) is 5.76 Å². The van der Waals surface area contributed by atoms with Crippen molar-refractivity contribution >= 4 is 10.9 Å². The van der Waals surface area contributed by atoms with E-state index < -0.39 is 0 Å². The van der Waals surface area contributed by atoms with Crippen molar-refractivity contribution in [3.05, 3.63) is 35.7 Å². The quantitative estimate of drug-likeness (QED) is 0.709. The second kappa shape index (κ2) is 3.80. The summed E-state index contributed by atoms with van der Waals surface area (Å²) >= 11 is 0. The lowest BCUT2D eigenvalue weighted by Gasteiger charge is -2.03. The van der Waals surface area contributed by atoms with E-state index in [2.05, 4.69) is 15.1 Å². The van der Waals surface area contributed by atoms with E-state index in [9.17, 15) is 5.11 Å². The van der Waals surface area contributed by atoms with E-state index in [-0.39, 0.29) is 5.88 Å². The molecule has 3 aromatic rings. The fourth-order valence-electron chi connectivity index (χ4n) is 1.97. The van der Waals surface area contributed by atoms with Gasteiger partial charge in [-0.3, -0.25) is 0 Å². The predicted octanol–water partition coefficient (Wildman–Crippen LogP) is 2.61. The van der Waals surface area contributed by atoms with E-state index in [1.165, 1.54) is 0 Å². The van der Waals surface area contributed by atoms with E-state index in [1.54, 1.807) is 13.0 Å². The number of aromatic hydroxyl groups is 1. The number of nitrogens with zero attached hydrogens (tertiary/aromatic N) is 3. The number of para-hydroxylation sites is 1. The molecule has 0 radical (unpaired) electrons. The zero-order valence-electron chi connectivity index (χ0n) is 10.0. The van der Waals surface area contributed by atoms with Crippen LogP contribution >= 0.6 is 0 Å². The minimum absolute atomic E-state index is 0.0319. The molecule has 0 saturated heterocycles. The van der Waals surface area contributed by atoms with Crippen molar-refractivity contribution in [1.29, 1.82) is 0 Å². The van der Waals surface area contributed by atoms with Gasteiger partial charge in [-0.15, -0.1) is 0 Å². The van der Waals surface area contributed by atoms with Crippen LogP contribution in [0.2, 0.25) is 0 Å². The van der Waals surface area contributed by atoms with Crippen molar-refractivity contribution in [2.75, 3.05) is 0 Å². The van der Waals surface area contributed by atoms with Gasteiger partial charge in [0.05, 0.1) is 22.2 Å². The third kappa shape index (κ3) is 1.52. The van der Waals surface area contributed by atoms with Crippen LogP contribution < -0.4 is 0 Å². The topological polar surface area (TPSA) is 72.0 Å². The lowest BCUT2D eigenvalue weighted by Crippen LogP contribution is -1.93. The Morgan fingerprint density at radius 1 is 1.11 bits per heavy atom. The van der Waals surface area contributed by atoms with Gasteiger partial charge in [0.15, 0.2) is 5.82 Å². The first-order valence-corrected chi connectivity index (χ1v) is 5.56. The molecule has 0 fully saturated rings. The monoisotopic (exact) mass is 241 g/mol. The Kier molecular flexibility index (Phi) is 2.26. The minimum Gasteiger partial charge on any atom is -0.493 e. The molecule has 2 heterocycles. The minimum atomic E-state index is -0.0319. The molecule has 1 aromatic carbocycles. The van der Waals surface area contributed by atoms with Crippen LogP contribution in [0, 0.1) is 13.8 Å². The molecule has 1 N–H and O–H groups in total. The largest absolute Gasteiger partial charge is 0.493 e. The zero-order valence-corrected chi connectivity index (χ0v) is 10.0. The van der Waals surface area contributed by atoms with Crippen molar-refractivity contribution in [3.8, 4) is 17.3 Å². The summed E-state index contributed by atoms with van der Waals surface area (Å²) in [5, 5.41) is 14.4. The second-order valence-electron chi connectivity index (χ2n) is 4.09. The highest BCUT2D eigenvalue weighted by atomic mass is 16.5. The number of benzene rings is 1. The van der Waals surface area contributed by atoms with Gasteiger partial charge in [0.25, 0.3) is 0 Å². The van der Waals surface area contributed by atoms with Crippen LogP contribution in [0.25, 0.3) is 22.3 Å². The molecule has 0 aliphatic heterocycles. The van der Waals surface area contributed by atoms with Crippen LogP contribution in [0.1, 0.15) is 11.5 Å². The van der Waals surface area contributed by atoms with Crippen molar-refractivity contribution in [3.63, 3.8) is 0 Å². The molecular weight excluding hydrogens is 230 g/mol. The van der Waals surface area contributed by atoms with Crippen molar-refractivity contribution in [1.82, 2.24) is 15.1 Å². The second-order valence-corrected chi connectivity index (χ2v) is 4.09. The molecule has 0 bridgehead atoms. The van der Waals surface area contributed by atoms with E-state index in [1.807, 2.05) is 25.1 Å². The first-order chi connectivity index (χ1) is 8.66. The van der Waals surface area contributed by atoms with Crippen molar-refractivity contribution < 1.29 is 9.63 Å². The molecule has 0 aliphatic carbocycles. The van der Waals surface area contributed by atoms with Crippen LogP contribution in [0.3, 0.4) is 0 Å². The fraction of sp³-hybridized carbons (Fsp3) is 0.154. The summed E-state index contributed by atoms with van der Waals surface area (Å²) in [5.74, 6) is 1.04. The number of rotatable bonds is 1. The summed E-state index contributed by atoms with van der Waals surface area (Å²) in [6.07, 6.45) is 0.